The molecule has 3 atom stereocenters. The number of rotatable bonds is 0. The maximum atomic E-state index is 10.5. The Bertz CT molecular complexity index is 175. The minimum atomic E-state index is -1.47. The Kier molecular flexibility index (Phi) is 1.85. The highest BCUT2D eigenvalue weighted by atomic mass is 16.4. The minimum Gasteiger partial charge on any atom is -0.387 e. The van der Waals surface area contributed by atoms with Crippen molar-refractivity contribution in [3.63, 3.8) is 0 Å². The van der Waals surface area contributed by atoms with Crippen molar-refractivity contribution in [1.82, 2.24) is 0 Å². The van der Waals surface area contributed by atoms with E-state index in [1.807, 2.05) is 0 Å². The predicted molar refractivity (Wildman–Crippen MR) is 32.2 cm³/mol. The molecular weight excluding hydrogens is 136 g/mol. The van der Waals surface area contributed by atoms with Gasteiger partial charge in [0.25, 0.3) is 0 Å². The molecule has 10 heavy (non-hydrogen) atoms. The fourth-order valence-electron chi connectivity index (χ4n) is 0.761. The fraction of sp³-hybridized carbons (Fsp3) is 0.500. The Morgan fingerprint density at radius 1 is 1.30 bits per heavy atom. The zero-order valence-corrected chi connectivity index (χ0v) is 5.14. The first-order valence-electron chi connectivity index (χ1n) is 2.89. The topological polar surface area (TPSA) is 77.8 Å². The summed E-state index contributed by atoms with van der Waals surface area (Å²) in [5.41, 5.74) is 0. The summed E-state index contributed by atoms with van der Waals surface area (Å²) >= 11 is 0. The molecule has 4 nitrogen and oxygen atoms in total. The molecule has 1 unspecified atom stereocenters. The van der Waals surface area contributed by atoms with E-state index < -0.39 is 24.1 Å². The largest absolute Gasteiger partial charge is 0.387 e. The average molecular weight is 144 g/mol. The van der Waals surface area contributed by atoms with E-state index in [-0.39, 0.29) is 0 Å². The van der Waals surface area contributed by atoms with Gasteiger partial charge in [-0.15, -0.1) is 0 Å². The summed E-state index contributed by atoms with van der Waals surface area (Å²) in [4.78, 5) is 10.5. The summed E-state index contributed by atoms with van der Waals surface area (Å²) < 4.78 is 0. The standard InChI is InChI=1S/C6H8O4/c7-3-1-2-4(8)6(10)5(3)9/h1-3,5-7,9-10H/t3?,5-,6-/m0/s1. The zero-order valence-electron chi connectivity index (χ0n) is 5.14. The summed E-state index contributed by atoms with van der Waals surface area (Å²) in [6, 6.07) is 0. The van der Waals surface area contributed by atoms with E-state index in [1.54, 1.807) is 0 Å². The highest BCUT2D eigenvalue weighted by molar-refractivity contribution is 5.94. The third kappa shape index (κ3) is 1.09. The van der Waals surface area contributed by atoms with Gasteiger partial charge in [0, 0.05) is 0 Å². The molecule has 4 heteroatoms. The summed E-state index contributed by atoms with van der Waals surface area (Å²) in [6.07, 6.45) is -1.77. The van der Waals surface area contributed by atoms with Crippen LogP contribution in [0.2, 0.25) is 0 Å². The second-order valence-corrected chi connectivity index (χ2v) is 2.19. The number of hydrogen-bond acceptors (Lipinski definition) is 4. The number of carbonyl (C=O) groups excluding carboxylic acids is 1. The van der Waals surface area contributed by atoms with E-state index in [9.17, 15) is 4.79 Å². The third-order valence-electron chi connectivity index (χ3n) is 1.42. The third-order valence-corrected chi connectivity index (χ3v) is 1.42. The van der Waals surface area contributed by atoms with Crippen molar-refractivity contribution in [3.05, 3.63) is 12.2 Å². The van der Waals surface area contributed by atoms with Crippen molar-refractivity contribution < 1.29 is 20.1 Å². The molecule has 0 heterocycles. The van der Waals surface area contributed by atoms with Crippen molar-refractivity contribution in [2.75, 3.05) is 0 Å². The van der Waals surface area contributed by atoms with Crippen molar-refractivity contribution in [3.8, 4) is 0 Å². The summed E-state index contributed by atoms with van der Waals surface area (Å²) in [5.74, 6) is -0.571. The Morgan fingerprint density at radius 2 is 1.90 bits per heavy atom. The van der Waals surface area contributed by atoms with Gasteiger partial charge in [-0.1, -0.05) is 0 Å². The molecule has 0 radical (unpaired) electrons. The quantitative estimate of drug-likeness (QED) is 0.375. The van der Waals surface area contributed by atoms with Gasteiger partial charge < -0.3 is 15.3 Å². The van der Waals surface area contributed by atoms with Crippen LogP contribution in [0.25, 0.3) is 0 Å². The first-order valence-corrected chi connectivity index (χ1v) is 2.89. The molecule has 0 spiro atoms. The first kappa shape index (κ1) is 7.40. The van der Waals surface area contributed by atoms with Crippen LogP contribution in [0.4, 0.5) is 0 Å². The smallest absolute Gasteiger partial charge is 0.186 e. The average Bonchev–Trinajstić information content (AvgIpc) is 1.93. The van der Waals surface area contributed by atoms with Gasteiger partial charge in [-0.25, -0.2) is 0 Å². The first-order chi connectivity index (χ1) is 4.63. The molecule has 1 rings (SSSR count). The van der Waals surface area contributed by atoms with Crippen molar-refractivity contribution in [2.24, 2.45) is 0 Å². The number of carbonyl (C=O) groups is 1. The van der Waals surface area contributed by atoms with Crippen LogP contribution in [0, 0.1) is 0 Å². The predicted octanol–water partition coefficient (Wildman–Crippen LogP) is -1.79. The van der Waals surface area contributed by atoms with Gasteiger partial charge in [-0.05, 0) is 12.2 Å². The highest BCUT2D eigenvalue weighted by Crippen LogP contribution is 2.08. The normalized spacial score (nSPS) is 40.3. The SMILES string of the molecule is O=C1C=CC(O)[C@H](O)[C@H]1O. The summed E-state index contributed by atoms with van der Waals surface area (Å²) in [7, 11) is 0. The lowest BCUT2D eigenvalue weighted by molar-refractivity contribution is -0.133. The van der Waals surface area contributed by atoms with Crippen LogP contribution in [0.1, 0.15) is 0 Å². The second-order valence-electron chi connectivity index (χ2n) is 2.19. The van der Waals surface area contributed by atoms with Gasteiger partial charge in [0.05, 0.1) is 0 Å². The van der Waals surface area contributed by atoms with Gasteiger partial charge >= 0.3 is 0 Å². The van der Waals surface area contributed by atoms with Crippen LogP contribution >= 0.6 is 0 Å². The van der Waals surface area contributed by atoms with Crippen LogP contribution in [0.3, 0.4) is 0 Å². The van der Waals surface area contributed by atoms with Crippen LogP contribution in [-0.4, -0.2) is 39.4 Å². The number of aliphatic hydroxyl groups excluding tert-OH is 3. The maximum Gasteiger partial charge on any atom is 0.186 e. The zero-order chi connectivity index (χ0) is 7.72. The minimum absolute atomic E-state index is 0.571. The Balaban J connectivity index is 2.79. The van der Waals surface area contributed by atoms with Gasteiger partial charge in [-0.2, -0.15) is 0 Å². The molecule has 0 aliphatic heterocycles. The molecule has 0 aromatic heterocycles. The van der Waals surface area contributed by atoms with Crippen LogP contribution in [0.15, 0.2) is 12.2 Å². The maximum absolute atomic E-state index is 10.5. The molecule has 56 valence electrons. The molecule has 0 aromatic rings. The number of hydrogen-bond donors (Lipinski definition) is 3. The fourth-order valence-corrected chi connectivity index (χ4v) is 0.761. The van der Waals surface area contributed by atoms with Crippen LogP contribution in [0.5, 0.6) is 0 Å². The summed E-state index contributed by atoms with van der Waals surface area (Å²) in [6.45, 7) is 0. The van der Waals surface area contributed by atoms with E-state index in [0.29, 0.717) is 0 Å². The molecule has 0 fully saturated rings. The van der Waals surface area contributed by atoms with E-state index >= 15 is 0 Å². The lowest BCUT2D eigenvalue weighted by Gasteiger charge is -2.21. The van der Waals surface area contributed by atoms with Crippen LogP contribution in [-0.2, 0) is 4.79 Å². The van der Waals surface area contributed by atoms with Crippen molar-refractivity contribution in [2.45, 2.75) is 18.3 Å². The molecule has 0 saturated heterocycles. The Labute approximate surface area is 57.4 Å². The molecule has 0 aromatic carbocycles. The van der Waals surface area contributed by atoms with Crippen LogP contribution < -0.4 is 0 Å². The highest BCUT2D eigenvalue weighted by Gasteiger charge is 2.30. The van der Waals surface area contributed by atoms with E-state index in [0.717, 1.165) is 12.2 Å². The monoisotopic (exact) mass is 144 g/mol. The van der Waals surface area contributed by atoms with Crippen molar-refractivity contribution in [1.29, 1.82) is 0 Å². The van der Waals surface area contributed by atoms with Crippen molar-refractivity contribution >= 4 is 5.78 Å². The lowest BCUT2D eigenvalue weighted by Crippen LogP contribution is -2.43. The molecule has 0 saturated carbocycles. The molecular formula is C6H8O4. The molecule has 1 aliphatic rings. The molecule has 1 aliphatic carbocycles. The van der Waals surface area contributed by atoms with Gasteiger partial charge in [0.15, 0.2) is 5.78 Å². The molecule has 0 bridgehead atoms. The lowest BCUT2D eigenvalue weighted by atomic mass is 9.98. The molecule has 3 N–H and O–H groups in total. The van der Waals surface area contributed by atoms with E-state index in [2.05, 4.69) is 0 Å². The Morgan fingerprint density at radius 3 is 2.40 bits per heavy atom. The second kappa shape index (κ2) is 2.49. The van der Waals surface area contributed by atoms with E-state index in [1.165, 1.54) is 0 Å². The van der Waals surface area contributed by atoms with Gasteiger partial charge in [-0.3, -0.25) is 4.79 Å². The molecule has 0 amide bonds. The van der Waals surface area contributed by atoms with Gasteiger partial charge in [0.1, 0.15) is 18.3 Å². The van der Waals surface area contributed by atoms with Gasteiger partial charge in [0.2, 0.25) is 0 Å². The number of aliphatic hydroxyl groups is 3. The number of ketones is 1. The van der Waals surface area contributed by atoms with E-state index in [4.69, 9.17) is 15.3 Å². The summed E-state index contributed by atoms with van der Waals surface area (Å²) in [5, 5.41) is 26.5. The Hall–Kier alpha value is -0.710.